The molecule has 0 N–H and O–H groups in total. The molecule has 2 aromatic rings. The first kappa shape index (κ1) is 17.7. The van der Waals surface area contributed by atoms with E-state index in [0.29, 0.717) is 25.5 Å². The lowest BCUT2D eigenvalue weighted by Crippen LogP contribution is -2.27. The highest BCUT2D eigenvalue weighted by molar-refractivity contribution is 8.27. The van der Waals surface area contributed by atoms with E-state index in [0.717, 1.165) is 5.56 Å². The molecule has 0 spiro atoms. The molecule has 0 unspecified atom stereocenters. The van der Waals surface area contributed by atoms with Gasteiger partial charge in [0.15, 0.2) is 4.32 Å². The van der Waals surface area contributed by atoms with Gasteiger partial charge < -0.3 is 4.74 Å². The molecule has 1 heterocycles. The van der Waals surface area contributed by atoms with Crippen LogP contribution in [-0.4, -0.2) is 23.3 Å². The fraction of sp³-hybridized carbons (Fsp3) is 0.0556. The zero-order valence-electron chi connectivity index (χ0n) is 13.1. The second-order valence-electron chi connectivity index (χ2n) is 5.11. The number of ether oxygens (including phenoxy) is 1. The number of thioether (sulfide) groups is 1. The average molecular weight is 390 g/mol. The second kappa shape index (κ2) is 7.39. The van der Waals surface area contributed by atoms with Gasteiger partial charge in [0.05, 0.1) is 23.3 Å². The summed E-state index contributed by atoms with van der Waals surface area (Å²) < 4.78 is 5.13. The van der Waals surface area contributed by atoms with Crippen LogP contribution in [0.1, 0.15) is 15.9 Å². The molecule has 0 aromatic heterocycles. The standard InChI is InChI=1S/C18H12ClNO3S2/c1-23-17(22)12-4-2-11(3-5-12)10-15-16(21)20(18(24)25-15)14-8-6-13(19)7-9-14/h2-10H,1H3. The van der Waals surface area contributed by atoms with E-state index in [-0.39, 0.29) is 5.91 Å². The Hall–Kier alpha value is -2.15. The monoisotopic (exact) mass is 389 g/mol. The van der Waals surface area contributed by atoms with Gasteiger partial charge in [0.25, 0.3) is 5.91 Å². The van der Waals surface area contributed by atoms with Crippen LogP contribution in [0.25, 0.3) is 6.08 Å². The van der Waals surface area contributed by atoms with Crippen LogP contribution < -0.4 is 4.90 Å². The number of carbonyl (C=O) groups is 2. The molecule has 1 amide bonds. The number of methoxy groups -OCH3 is 1. The molecule has 7 heteroatoms. The maximum absolute atomic E-state index is 12.7. The average Bonchev–Trinajstić information content (AvgIpc) is 2.89. The van der Waals surface area contributed by atoms with Crippen LogP contribution in [0.3, 0.4) is 0 Å². The normalized spacial score (nSPS) is 15.8. The number of benzene rings is 2. The maximum atomic E-state index is 12.7. The summed E-state index contributed by atoms with van der Waals surface area (Å²) in [6.45, 7) is 0. The number of esters is 1. The summed E-state index contributed by atoms with van der Waals surface area (Å²) in [5, 5.41) is 0.593. The predicted molar refractivity (Wildman–Crippen MR) is 105 cm³/mol. The molecule has 1 aliphatic heterocycles. The van der Waals surface area contributed by atoms with Crippen LogP contribution in [0, 0.1) is 0 Å². The summed E-state index contributed by atoms with van der Waals surface area (Å²) in [6, 6.07) is 13.7. The van der Waals surface area contributed by atoms with Crippen molar-refractivity contribution in [3.8, 4) is 0 Å². The number of anilines is 1. The first-order chi connectivity index (χ1) is 12.0. The van der Waals surface area contributed by atoms with Crippen molar-refractivity contribution in [1.29, 1.82) is 0 Å². The van der Waals surface area contributed by atoms with Crippen molar-refractivity contribution in [1.82, 2.24) is 0 Å². The highest BCUT2D eigenvalue weighted by atomic mass is 35.5. The fourth-order valence-electron chi connectivity index (χ4n) is 2.27. The topological polar surface area (TPSA) is 46.6 Å². The molecule has 1 fully saturated rings. The van der Waals surface area contributed by atoms with E-state index in [2.05, 4.69) is 4.74 Å². The van der Waals surface area contributed by atoms with Gasteiger partial charge in [0, 0.05) is 5.02 Å². The molecule has 126 valence electrons. The van der Waals surface area contributed by atoms with Gasteiger partial charge in [-0.25, -0.2) is 4.79 Å². The third-order valence-electron chi connectivity index (χ3n) is 3.51. The summed E-state index contributed by atoms with van der Waals surface area (Å²) >= 11 is 12.5. The Morgan fingerprint density at radius 1 is 1.16 bits per heavy atom. The van der Waals surface area contributed by atoms with Gasteiger partial charge in [-0.05, 0) is 48.0 Å². The Balaban J connectivity index is 1.85. The highest BCUT2D eigenvalue weighted by Gasteiger charge is 2.33. The van der Waals surface area contributed by atoms with Crippen molar-refractivity contribution in [3.05, 3.63) is 69.6 Å². The van der Waals surface area contributed by atoms with E-state index in [1.54, 1.807) is 54.6 Å². The van der Waals surface area contributed by atoms with E-state index in [9.17, 15) is 9.59 Å². The van der Waals surface area contributed by atoms with Crippen molar-refractivity contribution < 1.29 is 14.3 Å². The fourth-order valence-corrected chi connectivity index (χ4v) is 3.69. The van der Waals surface area contributed by atoms with Gasteiger partial charge in [0.1, 0.15) is 0 Å². The Kier molecular flexibility index (Phi) is 5.22. The van der Waals surface area contributed by atoms with E-state index in [1.807, 2.05) is 0 Å². The molecule has 4 nitrogen and oxygen atoms in total. The van der Waals surface area contributed by atoms with Gasteiger partial charge >= 0.3 is 5.97 Å². The zero-order valence-corrected chi connectivity index (χ0v) is 15.5. The van der Waals surface area contributed by atoms with Gasteiger partial charge in [-0.15, -0.1) is 0 Å². The minimum absolute atomic E-state index is 0.186. The van der Waals surface area contributed by atoms with Crippen molar-refractivity contribution in [3.63, 3.8) is 0 Å². The van der Waals surface area contributed by atoms with E-state index in [4.69, 9.17) is 23.8 Å². The minimum Gasteiger partial charge on any atom is -0.465 e. The lowest BCUT2D eigenvalue weighted by Gasteiger charge is -2.14. The van der Waals surface area contributed by atoms with Gasteiger partial charge in [-0.3, -0.25) is 9.69 Å². The second-order valence-corrected chi connectivity index (χ2v) is 7.22. The molecule has 0 saturated carbocycles. The third kappa shape index (κ3) is 3.76. The van der Waals surface area contributed by atoms with Crippen LogP contribution in [0.2, 0.25) is 5.02 Å². The van der Waals surface area contributed by atoms with E-state index >= 15 is 0 Å². The summed E-state index contributed by atoms with van der Waals surface area (Å²) in [6.07, 6.45) is 1.75. The lowest BCUT2D eigenvalue weighted by molar-refractivity contribution is -0.113. The number of thiocarbonyl (C=S) groups is 1. The number of nitrogens with zero attached hydrogens (tertiary/aromatic N) is 1. The molecular weight excluding hydrogens is 378 g/mol. The summed E-state index contributed by atoms with van der Waals surface area (Å²) in [7, 11) is 1.33. The lowest BCUT2D eigenvalue weighted by atomic mass is 10.1. The number of hydrogen-bond acceptors (Lipinski definition) is 5. The molecule has 0 atom stereocenters. The minimum atomic E-state index is -0.402. The van der Waals surface area contributed by atoms with E-state index in [1.165, 1.54) is 23.8 Å². The number of amides is 1. The van der Waals surface area contributed by atoms with E-state index < -0.39 is 5.97 Å². The number of rotatable bonds is 3. The number of hydrogen-bond donors (Lipinski definition) is 0. The number of halogens is 1. The summed E-state index contributed by atoms with van der Waals surface area (Å²) in [5.41, 5.74) is 1.92. The number of carbonyl (C=O) groups excluding carboxylic acids is 2. The Morgan fingerprint density at radius 3 is 2.40 bits per heavy atom. The summed E-state index contributed by atoms with van der Waals surface area (Å²) in [5.74, 6) is -0.588. The van der Waals surface area contributed by atoms with Crippen molar-refractivity contribution in [2.75, 3.05) is 12.0 Å². The molecular formula is C18H12ClNO3S2. The van der Waals surface area contributed by atoms with Crippen molar-refractivity contribution in [2.45, 2.75) is 0 Å². The van der Waals surface area contributed by atoms with Gasteiger partial charge in [0.2, 0.25) is 0 Å². The Labute approximate surface area is 159 Å². The van der Waals surface area contributed by atoms with Crippen LogP contribution >= 0.6 is 35.6 Å². The largest absolute Gasteiger partial charge is 0.465 e. The molecule has 25 heavy (non-hydrogen) atoms. The van der Waals surface area contributed by atoms with Gasteiger partial charge in [-0.1, -0.05) is 47.7 Å². The summed E-state index contributed by atoms with van der Waals surface area (Å²) in [4.78, 5) is 26.1. The smallest absolute Gasteiger partial charge is 0.337 e. The first-order valence-electron chi connectivity index (χ1n) is 7.21. The van der Waals surface area contributed by atoms with Crippen LogP contribution in [0.15, 0.2) is 53.4 Å². The Morgan fingerprint density at radius 2 is 1.80 bits per heavy atom. The van der Waals surface area contributed by atoms with Crippen LogP contribution in [-0.2, 0) is 9.53 Å². The molecule has 2 aromatic carbocycles. The maximum Gasteiger partial charge on any atom is 0.337 e. The molecule has 1 saturated heterocycles. The molecule has 1 aliphatic rings. The van der Waals surface area contributed by atoms with Gasteiger partial charge in [-0.2, -0.15) is 0 Å². The third-order valence-corrected chi connectivity index (χ3v) is 5.06. The molecule has 3 rings (SSSR count). The quantitative estimate of drug-likeness (QED) is 0.438. The Bertz CT molecular complexity index is 876. The molecule has 0 aliphatic carbocycles. The SMILES string of the molecule is COC(=O)c1ccc(C=C2SC(=S)N(c3ccc(Cl)cc3)C2=O)cc1. The van der Waals surface area contributed by atoms with Crippen LogP contribution in [0.4, 0.5) is 5.69 Å². The van der Waals surface area contributed by atoms with Crippen molar-refractivity contribution in [2.24, 2.45) is 0 Å². The first-order valence-corrected chi connectivity index (χ1v) is 8.82. The van der Waals surface area contributed by atoms with Crippen molar-refractivity contribution >= 4 is 63.5 Å². The molecule has 0 radical (unpaired) electrons. The van der Waals surface area contributed by atoms with Crippen LogP contribution in [0.5, 0.6) is 0 Å². The highest BCUT2D eigenvalue weighted by Crippen LogP contribution is 2.36. The predicted octanol–water partition coefficient (Wildman–Crippen LogP) is 4.53. The zero-order chi connectivity index (χ0) is 18.0. The molecule has 0 bridgehead atoms.